The van der Waals surface area contributed by atoms with Crippen molar-refractivity contribution in [3.05, 3.63) is 52.5 Å². The Hall–Kier alpha value is -2.97. The Labute approximate surface area is 178 Å². The van der Waals surface area contributed by atoms with Crippen LogP contribution in [0.25, 0.3) is 10.2 Å². The summed E-state index contributed by atoms with van der Waals surface area (Å²) in [6.45, 7) is 6.43. The molecule has 0 radical (unpaired) electrons. The van der Waals surface area contributed by atoms with Crippen molar-refractivity contribution in [1.82, 2.24) is 4.98 Å². The Balaban J connectivity index is 1.72. The van der Waals surface area contributed by atoms with Crippen molar-refractivity contribution in [2.45, 2.75) is 39.4 Å². The Morgan fingerprint density at radius 2 is 2.03 bits per heavy atom. The number of carbonyl (C=O) groups is 2. The van der Waals surface area contributed by atoms with Crippen molar-refractivity contribution in [2.24, 2.45) is 0 Å². The van der Waals surface area contributed by atoms with E-state index in [9.17, 15) is 9.59 Å². The molecule has 0 saturated carbocycles. The van der Waals surface area contributed by atoms with Gasteiger partial charge in [0.05, 0.1) is 30.2 Å². The van der Waals surface area contributed by atoms with Crippen molar-refractivity contribution < 1.29 is 23.8 Å². The highest BCUT2D eigenvalue weighted by Gasteiger charge is 2.30. The van der Waals surface area contributed by atoms with E-state index in [1.807, 2.05) is 26.0 Å². The zero-order valence-electron chi connectivity index (χ0n) is 17.0. The van der Waals surface area contributed by atoms with E-state index in [1.165, 1.54) is 11.3 Å². The number of carbonyl (C=O) groups excluding carboxylic acids is 2. The van der Waals surface area contributed by atoms with Crippen LogP contribution in [0.3, 0.4) is 0 Å². The normalized spacial score (nSPS) is 14.8. The molecule has 1 amide bonds. The van der Waals surface area contributed by atoms with E-state index >= 15 is 0 Å². The number of thiophene rings is 1. The summed E-state index contributed by atoms with van der Waals surface area (Å²) in [5.41, 5.74) is 1.92. The first-order valence-electron chi connectivity index (χ1n) is 9.66. The molecule has 8 heteroatoms. The molecule has 1 aromatic carbocycles. The topological polar surface area (TPSA) is 86.8 Å². The van der Waals surface area contributed by atoms with Gasteiger partial charge in [-0.15, -0.1) is 11.3 Å². The maximum atomic E-state index is 12.5. The van der Waals surface area contributed by atoms with Gasteiger partial charge in [-0.3, -0.25) is 5.32 Å². The summed E-state index contributed by atoms with van der Waals surface area (Å²) < 4.78 is 16.4. The van der Waals surface area contributed by atoms with E-state index in [-0.39, 0.29) is 17.1 Å². The highest BCUT2D eigenvalue weighted by molar-refractivity contribution is 7.21. The monoisotopic (exact) mass is 426 g/mol. The van der Waals surface area contributed by atoms with Crippen LogP contribution in [0.2, 0.25) is 0 Å². The lowest BCUT2D eigenvalue weighted by Crippen LogP contribution is -2.32. The lowest BCUT2D eigenvalue weighted by molar-refractivity contribution is -0.0411. The number of anilines is 1. The summed E-state index contributed by atoms with van der Waals surface area (Å²) in [5, 5.41) is 3.37. The molecular formula is C22H22N2O5S. The van der Waals surface area contributed by atoms with Gasteiger partial charge in [0.15, 0.2) is 0 Å². The fourth-order valence-corrected chi connectivity index (χ4v) is 4.32. The third kappa shape index (κ3) is 4.15. The smallest absolute Gasteiger partial charge is 0.417 e. The van der Waals surface area contributed by atoms with E-state index < -0.39 is 12.1 Å². The first-order chi connectivity index (χ1) is 14.4. The predicted molar refractivity (Wildman–Crippen MR) is 114 cm³/mol. The van der Waals surface area contributed by atoms with Crippen molar-refractivity contribution in [2.75, 3.05) is 11.9 Å². The zero-order valence-corrected chi connectivity index (χ0v) is 17.8. The first-order valence-corrected chi connectivity index (χ1v) is 10.5. The van der Waals surface area contributed by atoms with Gasteiger partial charge in [0, 0.05) is 17.4 Å². The molecule has 156 valence electrons. The molecule has 1 aliphatic rings. The number of para-hydroxylation sites is 1. The molecule has 1 aliphatic heterocycles. The number of amides is 1. The maximum absolute atomic E-state index is 12.5. The molecule has 0 aliphatic carbocycles. The molecular weight excluding hydrogens is 404 g/mol. The molecule has 1 N–H and O–H groups in total. The number of rotatable bonds is 4. The van der Waals surface area contributed by atoms with Crippen LogP contribution in [0, 0.1) is 0 Å². The minimum Gasteiger partial charge on any atom is -0.462 e. The molecule has 30 heavy (non-hydrogen) atoms. The highest BCUT2D eigenvalue weighted by atomic mass is 32.1. The molecule has 0 bridgehead atoms. The van der Waals surface area contributed by atoms with Gasteiger partial charge in [0.2, 0.25) is 0 Å². The molecule has 2 aromatic heterocycles. The highest BCUT2D eigenvalue weighted by Crippen LogP contribution is 2.39. The molecule has 0 spiro atoms. The second-order valence-electron chi connectivity index (χ2n) is 7.53. The van der Waals surface area contributed by atoms with Crippen molar-refractivity contribution in [3.63, 3.8) is 0 Å². The third-order valence-electron chi connectivity index (χ3n) is 4.70. The number of aromatic nitrogens is 1. The van der Waals surface area contributed by atoms with Crippen LogP contribution in [0.5, 0.6) is 5.75 Å². The molecule has 3 aromatic rings. The Bertz CT molecular complexity index is 1110. The minimum atomic E-state index is -0.693. The van der Waals surface area contributed by atoms with Crippen molar-refractivity contribution >= 4 is 39.3 Å². The molecule has 0 atom stereocenters. The number of ether oxygens (including phenoxy) is 3. The fraction of sp³-hybridized carbons (Fsp3) is 0.318. The van der Waals surface area contributed by atoms with E-state index in [1.54, 1.807) is 31.2 Å². The summed E-state index contributed by atoms with van der Waals surface area (Å²) in [6.07, 6.45) is -0.0226. The van der Waals surface area contributed by atoms with Gasteiger partial charge in [-0.1, -0.05) is 18.2 Å². The minimum absolute atomic E-state index is 0.229. The molecule has 0 fully saturated rings. The Morgan fingerprint density at radius 3 is 2.77 bits per heavy atom. The number of pyridine rings is 1. The van der Waals surface area contributed by atoms with E-state index in [4.69, 9.17) is 19.2 Å². The average molecular weight is 426 g/mol. The number of nitrogens with zero attached hydrogens (tertiary/aromatic N) is 1. The molecule has 7 nitrogen and oxygen atoms in total. The van der Waals surface area contributed by atoms with Gasteiger partial charge >= 0.3 is 12.1 Å². The first kappa shape index (κ1) is 20.3. The average Bonchev–Trinajstić information content (AvgIpc) is 3.04. The van der Waals surface area contributed by atoms with E-state index in [0.29, 0.717) is 34.7 Å². The van der Waals surface area contributed by atoms with Gasteiger partial charge in [0.1, 0.15) is 15.5 Å². The Kier molecular flexibility index (Phi) is 5.44. The van der Waals surface area contributed by atoms with Crippen LogP contribution in [-0.2, 0) is 22.5 Å². The van der Waals surface area contributed by atoms with Gasteiger partial charge in [-0.2, -0.15) is 0 Å². The summed E-state index contributed by atoms with van der Waals surface area (Å²) in [7, 11) is 0. The number of fused-ring (bicyclic) bond motifs is 2. The zero-order chi connectivity index (χ0) is 21.3. The van der Waals surface area contributed by atoms with E-state index in [0.717, 1.165) is 11.3 Å². The summed E-state index contributed by atoms with van der Waals surface area (Å²) in [5.74, 6) is -0.108. The Morgan fingerprint density at radius 1 is 1.27 bits per heavy atom. The summed E-state index contributed by atoms with van der Waals surface area (Å²) >= 11 is 1.20. The van der Waals surface area contributed by atoms with Gasteiger partial charge in [-0.05, 0) is 39.0 Å². The third-order valence-corrected chi connectivity index (χ3v) is 5.78. The SMILES string of the molecule is CCOC(=O)c1sc2nc3c(cc2c1NC(=O)Oc1ccccc1)COC(C)(C)C3. The predicted octanol–water partition coefficient (Wildman–Crippen LogP) is 4.94. The van der Waals surface area contributed by atoms with Gasteiger partial charge in [-0.25, -0.2) is 14.6 Å². The number of nitrogens with one attached hydrogen (secondary N) is 1. The molecule has 0 saturated heterocycles. The van der Waals surface area contributed by atoms with Crippen LogP contribution in [0.1, 0.15) is 41.7 Å². The largest absolute Gasteiger partial charge is 0.462 e. The molecule has 0 unspecified atom stereocenters. The second kappa shape index (κ2) is 8.04. The van der Waals surface area contributed by atoms with Crippen LogP contribution >= 0.6 is 11.3 Å². The maximum Gasteiger partial charge on any atom is 0.417 e. The van der Waals surface area contributed by atoms with Crippen LogP contribution in [0.4, 0.5) is 10.5 Å². The lowest BCUT2D eigenvalue weighted by atomic mass is 9.95. The van der Waals surface area contributed by atoms with Crippen molar-refractivity contribution in [1.29, 1.82) is 0 Å². The standard InChI is InChI=1S/C22H22N2O5S/c1-4-27-20(25)18-17(24-21(26)29-14-8-6-5-7-9-14)15-10-13-12-28-22(2,3)11-16(13)23-19(15)30-18/h5-10H,4,11-12H2,1-3H3,(H,24,26). The number of hydrogen-bond donors (Lipinski definition) is 1. The van der Waals surface area contributed by atoms with Crippen molar-refractivity contribution in [3.8, 4) is 5.75 Å². The number of esters is 1. The van der Waals surface area contributed by atoms with Gasteiger partial charge in [0.25, 0.3) is 0 Å². The number of hydrogen-bond acceptors (Lipinski definition) is 7. The van der Waals surface area contributed by atoms with Crippen LogP contribution in [-0.4, -0.2) is 29.3 Å². The van der Waals surface area contributed by atoms with E-state index in [2.05, 4.69) is 5.32 Å². The molecule has 4 rings (SSSR count). The summed E-state index contributed by atoms with van der Waals surface area (Å²) in [6, 6.07) is 10.6. The summed E-state index contributed by atoms with van der Waals surface area (Å²) in [4.78, 5) is 30.8. The quantitative estimate of drug-likeness (QED) is 0.595. The second-order valence-corrected chi connectivity index (χ2v) is 8.53. The number of benzene rings is 1. The molecule has 3 heterocycles. The van der Waals surface area contributed by atoms with Gasteiger partial charge < -0.3 is 14.2 Å². The fourth-order valence-electron chi connectivity index (χ4n) is 3.29. The lowest BCUT2D eigenvalue weighted by Gasteiger charge is -2.31. The van der Waals surface area contributed by atoms with Crippen LogP contribution in [0.15, 0.2) is 36.4 Å². The van der Waals surface area contributed by atoms with Crippen LogP contribution < -0.4 is 10.1 Å².